The van der Waals surface area contributed by atoms with Crippen molar-refractivity contribution in [3.05, 3.63) is 47.5 Å². The van der Waals surface area contributed by atoms with Crippen molar-refractivity contribution in [3.8, 4) is 11.4 Å². The van der Waals surface area contributed by atoms with Crippen molar-refractivity contribution in [2.75, 3.05) is 12.9 Å². The van der Waals surface area contributed by atoms with Crippen LogP contribution in [0.5, 0.6) is 0 Å². The van der Waals surface area contributed by atoms with E-state index in [1.807, 2.05) is 32.0 Å². The first kappa shape index (κ1) is 20.8. The van der Waals surface area contributed by atoms with Crippen LogP contribution in [0, 0.1) is 13.8 Å². The smallest absolute Gasteiger partial charge is 0.305 e. The number of rotatable bonds is 9. The van der Waals surface area contributed by atoms with Gasteiger partial charge in [0.25, 0.3) is 0 Å². The number of carbonyl (C=O) groups excluding carboxylic acids is 2. The fraction of sp³-hybridized carbons (Fsp3) is 0.350. The summed E-state index contributed by atoms with van der Waals surface area (Å²) in [5.41, 5.74) is 3.49. The highest BCUT2D eigenvalue weighted by Gasteiger charge is 2.17. The van der Waals surface area contributed by atoms with Crippen molar-refractivity contribution in [1.82, 2.24) is 24.7 Å². The molecular formula is C20H23N5O3S. The van der Waals surface area contributed by atoms with Gasteiger partial charge in [-0.3, -0.25) is 19.7 Å². The number of aromatic nitrogens is 5. The summed E-state index contributed by atoms with van der Waals surface area (Å²) in [5, 5.41) is 7.58. The number of Topliss-reactive ketones (excluding diaryl/α,β-unsaturated/α-hetero) is 1. The first-order chi connectivity index (χ1) is 14.0. The van der Waals surface area contributed by atoms with E-state index in [2.05, 4.69) is 29.5 Å². The third-order valence-corrected chi connectivity index (χ3v) is 5.46. The number of thioether (sulfide) groups is 1. The van der Waals surface area contributed by atoms with E-state index in [-0.39, 0.29) is 17.5 Å². The molecule has 8 nitrogen and oxygen atoms in total. The standard InChI is InChI=1S/C20H23N5O3S/c1-13-11-16(14(2)25(13)10-4-5-18(27)28-3)17(26)12-29-20-22-19(23-24-20)15-6-8-21-9-7-15/h6-9,11H,4-5,10,12H2,1-3H3,(H,22,23,24). The van der Waals surface area contributed by atoms with Crippen molar-refractivity contribution in [1.29, 1.82) is 0 Å². The minimum absolute atomic E-state index is 0.0255. The second-order valence-electron chi connectivity index (χ2n) is 6.53. The highest BCUT2D eigenvalue weighted by atomic mass is 32.2. The molecule has 9 heteroatoms. The van der Waals surface area contributed by atoms with E-state index in [9.17, 15) is 9.59 Å². The number of esters is 1. The normalized spacial score (nSPS) is 10.9. The van der Waals surface area contributed by atoms with Gasteiger partial charge in [-0.1, -0.05) is 11.8 Å². The fourth-order valence-corrected chi connectivity index (χ4v) is 3.75. The van der Waals surface area contributed by atoms with Gasteiger partial charge < -0.3 is 9.30 Å². The topological polar surface area (TPSA) is 103 Å². The molecule has 152 valence electrons. The number of H-pyrrole nitrogens is 1. The van der Waals surface area contributed by atoms with Gasteiger partial charge in [-0.15, -0.1) is 5.10 Å². The zero-order valence-corrected chi connectivity index (χ0v) is 17.5. The second-order valence-corrected chi connectivity index (χ2v) is 7.47. The summed E-state index contributed by atoms with van der Waals surface area (Å²) in [5.74, 6) is 0.696. The third-order valence-electron chi connectivity index (χ3n) is 4.62. The lowest BCUT2D eigenvalue weighted by Crippen LogP contribution is -2.08. The summed E-state index contributed by atoms with van der Waals surface area (Å²) in [6.45, 7) is 4.56. The second kappa shape index (κ2) is 9.51. The van der Waals surface area contributed by atoms with E-state index in [4.69, 9.17) is 0 Å². The first-order valence-electron chi connectivity index (χ1n) is 9.22. The first-order valence-corrected chi connectivity index (χ1v) is 10.2. The lowest BCUT2D eigenvalue weighted by molar-refractivity contribution is -0.140. The maximum atomic E-state index is 12.7. The van der Waals surface area contributed by atoms with Crippen LogP contribution in [0.3, 0.4) is 0 Å². The molecule has 0 aromatic carbocycles. The highest BCUT2D eigenvalue weighted by molar-refractivity contribution is 7.99. The number of pyridine rings is 1. The summed E-state index contributed by atoms with van der Waals surface area (Å²) >= 11 is 1.30. The molecule has 3 heterocycles. The molecule has 0 aliphatic carbocycles. The Morgan fingerprint density at radius 1 is 1.24 bits per heavy atom. The van der Waals surface area contributed by atoms with Crippen molar-refractivity contribution < 1.29 is 14.3 Å². The molecule has 1 N–H and O–H groups in total. The van der Waals surface area contributed by atoms with Crippen LogP contribution >= 0.6 is 11.8 Å². The van der Waals surface area contributed by atoms with Gasteiger partial charge in [0.1, 0.15) is 0 Å². The van der Waals surface area contributed by atoms with Crippen LogP contribution in [0.4, 0.5) is 0 Å². The number of aryl methyl sites for hydroxylation is 1. The number of methoxy groups -OCH3 is 1. The van der Waals surface area contributed by atoms with Gasteiger partial charge in [-0.2, -0.15) is 0 Å². The minimum Gasteiger partial charge on any atom is -0.469 e. The zero-order valence-electron chi connectivity index (χ0n) is 16.6. The minimum atomic E-state index is -0.224. The van der Waals surface area contributed by atoms with Crippen LogP contribution in [0.25, 0.3) is 11.4 Å². The zero-order chi connectivity index (χ0) is 20.8. The average molecular weight is 414 g/mol. The molecular weight excluding hydrogens is 390 g/mol. The van der Waals surface area contributed by atoms with Gasteiger partial charge in [-0.05, 0) is 38.5 Å². The molecule has 3 rings (SSSR count). The molecule has 29 heavy (non-hydrogen) atoms. The number of nitrogens with one attached hydrogen (secondary N) is 1. The SMILES string of the molecule is COC(=O)CCCn1c(C)cc(C(=O)CSc2n[nH]c(-c3ccncc3)n2)c1C. The average Bonchev–Trinajstić information content (AvgIpc) is 3.32. The summed E-state index contributed by atoms with van der Waals surface area (Å²) in [6, 6.07) is 5.58. The monoisotopic (exact) mass is 413 g/mol. The van der Waals surface area contributed by atoms with Crippen molar-refractivity contribution in [2.24, 2.45) is 0 Å². The summed E-state index contributed by atoms with van der Waals surface area (Å²) < 4.78 is 6.74. The van der Waals surface area contributed by atoms with Gasteiger partial charge in [-0.25, -0.2) is 4.98 Å². The Balaban J connectivity index is 1.60. The molecule has 0 aliphatic rings. The van der Waals surface area contributed by atoms with Crippen LogP contribution < -0.4 is 0 Å². The maximum Gasteiger partial charge on any atom is 0.305 e. The number of ether oxygens (including phenoxy) is 1. The largest absolute Gasteiger partial charge is 0.469 e. The van der Waals surface area contributed by atoms with Crippen LogP contribution in [-0.4, -0.2) is 49.3 Å². The van der Waals surface area contributed by atoms with Crippen molar-refractivity contribution in [2.45, 2.75) is 38.4 Å². The molecule has 0 fully saturated rings. The molecule has 0 saturated heterocycles. The van der Waals surface area contributed by atoms with Gasteiger partial charge in [0.2, 0.25) is 5.16 Å². The molecule has 0 bridgehead atoms. The van der Waals surface area contributed by atoms with Gasteiger partial charge in [0.05, 0.1) is 12.9 Å². The Hall–Kier alpha value is -2.94. The Labute approximate surface area is 173 Å². The van der Waals surface area contributed by atoms with Crippen LogP contribution in [0.2, 0.25) is 0 Å². The van der Waals surface area contributed by atoms with Crippen molar-refractivity contribution >= 4 is 23.5 Å². The summed E-state index contributed by atoms with van der Waals surface area (Å²) in [4.78, 5) is 32.4. The van der Waals surface area contributed by atoms with E-state index in [0.717, 1.165) is 17.0 Å². The fourth-order valence-electron chi connectivity index (χ4n) is 3.07. The molecule has 0 amide bonds. The Kier molecular flexibility index (Phi) is 6.82. The predicted octanol–water partition coefficient (Wildman–Crippen LogP) is 3.21. The van der Waals surface area contributed by atoms with Gasteiger partial charge in [0, 0.05) is 47.9 Å². The lowest BCUT2D eigenvalue weighted by atomic mass is 10.2. The summed E-state index contributed by atoms with van der Waals surface area (Å²) in [6.07, 6.45) is 4.40. The quantitative estimate of drug-likeness (QED) is 0.326. The highest BCUT2D eigenvalue weighted by Crippen LogP contribution is 2.22. The maximum absolute atomic E-state index is 12.7. The van der Waals surface area contributed by atoms with E-state index in [0.29, 0.717) is 35.9 Å². The lowest BCUT2D eigenvalue weighted by Gasteiger charge is -2.09. The number of nitrogens with zero attached hydrogens (tertiary/aromatic N) is 4. The molecule has 3 aromatic heterocycles. The molecule has 0 spiro atoms. The number of aromatic amines is 1. The van der Waals surface area contributed by atoms with Crippen LogP contribution in [0.1, 0.15) is 34.6 Å². The van der Waals surface area contributed by atoms with Gasteiger partial charge in [0.15, 0.2) is 11.6 Å². The molecule has 0 atom stereocenters. The van der Waals surface area contributed by atoms with E-state index in [1.54, 1.807) is 12.4 Å². The van der Waals surface area contributed by atoms with Crippen molar-refractivity contribution in [3.63, 3.8) is 0 Å². The van der Waals surface area contributed by atoms with E-state index < -0.39 is 0 Å². The Bertz CT molecular complexity index is 997. The summed E-state index contributed by atoms with van der Waals surface area (Å²) in [7, 11) is 1.39. The molecule has 0 unspecified atom stereocenters. The molecule has 3 aromatic rings. The van der Waals surface area contributed by atoms with E-state index >= 15 is 0 Å². The molecule has 0 radical (unpaired) electrons. The number of carbonyl (C=O) groups is 2. The van der Waals surface area contributed by atoms with Gasteiger partial charge >= 0.3 is 5.97 Å². The molecule has 0 aliphatic heterocycles. The van der Waals surface area contributed by atoms with E-state index in [1.165, 1.54) is 18.9 Å². The number of hydrogen-bond donors (Lipinski definition) is 1. The Morgan fingerprint density at radius 3 is 2.72 bits per heavy atom. The third kappa shape index (κ3) is 5.11. The van der Waals surface area contributed by atoms with Crippen LogP contribution in [-0.2, 0) is 16.1 Å². The number of ketones is 1. The van der Waals surface area contributed by atoms with Crippen LogP contribution in [0.15, 0.2) is 35.7 Å². The Morgan fingerprint density at radius 2 is 2.00 bits per heavy atom. The molecule has 0 saturated carbocycles. The number of hydrogen-bond acceptors (Lipinski definition) is 7. The predicted molar refractivity (Wildman–Crippen MR) is 110 cm³/mol.